The summed E-state index contributed by atoms with van der Waals surface area (Å²) in [4.78, 5) is 38.0. The van der Waals surface area contributed by atoms with Crippen LogP contribution in [0.5, 0.6) is 0 Å². The molecular formula is C60H96O6. The molecule has 66 heavy (non-hydrogen) atoms. The Morgan fingerprint density at radius 3 is 1.14 bits per heavy atom. The Labute approximate surface area is 405 Å². The average molecular weight is 913 g/mol. The topological polar surface area (TPSA) is 78.9 Å². The largest absolute Gasteiger partial charge is 0.462 e. The summed E-state index contributed by atoms with van der Waals surface area (Å²) in [6.45, 7) is 6.36. The molecule has 6 heteroatoms. The molecule has 0 fully saturated rings. The summed E-state index contributed by atoms with van der Waals surface area (Å²) in [5, 5.41) is 0. The van der Waals surface area contributed by atoms with Crippen molar-refractivity contribution in [3.63, 3.8) is 0 Å². The zero-order valence-electron chi connectivity index (χ0n) is 42.4. The Bertz CT molecular complexity index is 1420. The van der Waals surface area contributed by atoms with E-state index >= 15 is 0 Å². The molecule has 0 aromatic carbocycles. The highest BCUT2D eigenvalue weighted by molar-refractivity contribution is 5.71. The summed E-state index contributed by atoms with van der Waals surface area (Å²) < 4.78 is 16.8. The molecule has 6 nitrogen and oxygen atoms in total. The number of unbranched alkanes of at least 4 members (excludes halogenated alkanes) is 19. The van der Waals surface area contributed by atoms with Crippen molar-refractivity contribution in [3.05, 3.63) is 122 Å². The van der Waals surface area contributed by atoms with Gasteiger partial charge in [0.1, 0.15) is 13.2 Å². The zero-order chi connectivity index (χ0) is 47.9. The van der Waals surface area contributed by atoms with E-state index in [9.17, 15) is 14.4 Å². The van der Waals surface area contributed by atoms with Crippen LogP contribution in [-0.4, -0.2) is 37.2 Å². The lowest BCUT2D eigenvalue weighted by Gasteiger charge is -2.18. The molecule has 0 N–H and O–H groups in total. The number of hydrogen-bond acceptors (Lipinski definition) is 6. The minimum absolute atomic E-state index is 0.108. The van der Waals surface area contributed by atoms with Gasteiger partial charge in [0.15, 0.2) is 6.10 Å². The second-order valence-corrected chi connectivity index (χ2v) is 17.2. The van der Waals surface area contributed by atoms with Crippen LogP contribution in [0.4, 0.5) is 0 Å². The highest BCUT2D eigenvalue weighted by Crippen LogP contribution is 2.13. The van der Waals surface area contributed by atoms with Gasteiger partial charge < -0.3 is 14.2 Å². The molecule has 0 bridgehead atoms. The molecule has 0 amide bonds. The molecular weight excluding hydrogens is 817 g/mol. The Balaban J connectivity index is 4.48. The number of esters is 3. The summed E-state index contributed by atoms with van der Waals surface area (Å²) >= 11 is 0. The normalized spacial score (nSPS) is 13.1. The van der Waals surface area contributed by atoms with Crippen molar-refractivity contribution in [1.82, 2.24) is 0 Å². The molecule has 0 aliphatic carbocycles. The molecule has 0 aromatic rings. The van der Waals surface area contributed by atoms with Gasteiger partial charge in [0, 0.05) is 19.3 Å². The maximum Gasteiger partial charge on any atom is 0.306 e. The average Bonchev–Trinajstić information content (AvgIpc) is 3.31. The van der Waals surface area contributed by atoms with E-state index in [0.717, 1.165) is 135 Å². The summed E-state index contributed by atoms with van der Waals surface area (Å²) in [6, 6.07) is 0. The van der Waals surface area contributed by atoms with Crippen molar-refractivity contribution < 1.29 is 28.6 Å². The molecule has 0 rings (SSSR count). The zero-order valence-corrected chi connectivity index (χ0v) is 42.4. The number of ether oxygens (including phenoxy) is 3. The van der Waals surface area contributed by atoms with E-state index in [2.05, 4.69) is 142 Å². The third kappa shape index (κ3) is 50.8. The van der Waals surface area contributed by atoms with Crippen LogP contribution in [-0.2, 0) is 28.6 Å². The van der Waals surface area contributed by atoms with Crippen molar-refractivity contribution in [2.24, 2.45) is 0 Å². The van der Waals surface area contributed by atoms with Crippen molar-refractivity contribution in [3.8, 4) is 0 Å². The van der Waals surface area contributed by atoms with Crippen molar-refractivity contribution in [2.45, 2.75) is 226 Å². The van der Waals surface area contributed by atoms with Crippen LogP contribution in [0, 0.1) is 0 Å². The molecule has 1 unspecified atom stereocenters. The fourth-order valence-electron chi connectivity index (χ4n) is 6.77. The van der Waals surface area contributed by atoms with E-state index in [0.29, 0.717) is 12.8 Å². The Morgan fingerprint density at radius 2 is 0.667 bits per heavy atom. The van der Waals surface area contributed by atoms with Gasteiger partial charge in [-0.2, -0.15) is 0 Å². The third-order valence-corrected chi connectivity index (χ3v) is 10.8. The first-order valence-electron chi connectivity index (χ1n) is 26.6. The Kier molecular flexibility index (Phi) is 50.0. The Hall–Kier alpha value is -4.19. The standard InChI is InChI=1S/C60H96O6/c1-4-7-10-13-16-19-22-24-26-28-30-32-33-35-38-41-44-47-50-53-59(62)65-56-57(55-64-58(61)52-49-46-43-40-37-21-18-15-12-9-6-3)66-60(63)54-51-48-45-42-39-36-34-31-29-27-25-23-20-17-14-11-8-5-2/h7,10,15-21,23-27,29-32,34,37,57H,4-6,8-9,11-14,22,28,33,35-36,38-56H2,1-3H3/b10-7-,18-15-,19-16-,20-17-,25-23-,26-24-,29-27-,32-30-,34-31-,37-21-. The molecule has 372 valence electrons. The first-order chi connectivity index (χ1) is 32.5. The summed E-state index contributed by atoms with van der Waals surface area (Å²) in [7, 11) is 0. The minimum atomic E-state index is -0.811. The maximum atomic E-state index is 12.8. The van der Waals surface area contributed by atoms with Gasteiger partial charge in [0.2, 0.25) is 0 Å². The van der Waals surface area contributed by atoms with Crippen LogP contribution in [0.2, 0.25) is 0 Å². The number of carbonyl (C=O) groups excluding carboxylic acids is 3. The van der Waals surface area contributed by atoms with E-state index in [1.165, 1.54) is 44.9 Å². The van der Waals surface area contributed by atoms with Crippen LogP contribution in [0.1, 0.15) is 220 Å². The van der Waals surface area contributed by atoms with Crippen LogP contribution in [0.25, 0.3) is 0 Å². The molecule has 0 heterocycles. The van der Waals surface area contributed by atoms with Crippen molar-refractivity contribution in [2.75, 3.05) is 13.2 Å². The van der Waals surface area contributed by atoms with E-state index in [1.54, 1.807) is 0 Å². The predicted molar refractivity (Wildman–Crippen MR) is 283 cm³/mol. The molecule has 0 saturated carbocycles. The molecule has 0 aliphatic heterocycles. The van der Waals surface area contributed by atoms with Gasteiger partial charge in [-0.3, -0.25) is 14.4 Å². The molecule has 0 aliphatic rings. The lowest BCUT2D eigenvalue weighted by Crippen LogP contribution is -2.30. The Morgan fingerprint density at radius 1 is 0.333 bits per heavy atom. The van der Waals surface area contributed by atoms with Crippen LogP contribution >= 0.6 is 0 Å². The second-order valence-electron chi connectivity index (χ2n) is 17.2. The van der Waals surface area contributed by atoms with Crippen molar-refractivity contribution >= 4 is 17.9 Å². The summed E-state index contributed by atoms with van der Waals surface area (Å²) in [5.74, 6) is -0.979. The van der Waals surface area contributed by atoms with Crippen LogP contribution in [0.3, 0.4) is 0 Å². The first kappa shape index (κ1) is 61.8. The highest BCUT2D eigenvalue weighted by atomic mass is 16.6. The quantitative estimate of drug-likeness (QED) is 0.0199. The number of carbonyl (C=O) groups is 3. The molecule has 0 aromatic heterocycles. The SMILES string of the molecule is CC/C=C\C/C=C\C/C=C\C/C=C\CCCCCCCCC(=O)OCC(COC(=O)CCCCC/C=C\C=C/CCCC)OC(=O)CCCCCCC\C=C/C=C\C=C/C=C\CCCCC. The molecule has 0 spiro atoms. The maximum absolute atomic E-state index is 12.8. The van der Waals surface area contributed by atoms with Gasteiger partial charge in [0.25, 0.3) is 0 Å². The number of allylic oxidation sites excluding steroid dienone is 20. The highest BCUT2D eigenvalue weighted by Gasteiger charge is 2.19. The molecule has 0 saturated heterocycles. The van der Waals surface area contributed by atoms with Gasteiger partial charge in [-0.25, -0.2) is 0 Å². The van der Waals surface area contributed by atoms with Gasteiger partial charge >= 0.3 is 17.9 Å². The van der Waals surface area contributed by atoms with Gasteiger partial charge in [-0.05, 0) is 103 Å². The van der Waals surface area contributed by atoms with Crippen LogP contribution < -0.4 is 0 Å². The summed E-state index contributed by atoms with van der Waals surface area (Å²) in [6.07, 6.45) is 73.2. The lowest BCUT2D eigenvalue weighted by atomic mass is 10.1. The van der Waals surface area contributed by atoms with E-state index in [1.807, 2.05) is 0 Å². The predicted octanol–water partition coefficient (Wildman–Crippen LogP) is 17.7. The second kappa shape index (κ2) is 53.4. The first-order valence-corrected chi connectivity index (χ1v) is 26.6. The summed E-state index contributed by atoms with van der Waals surface area (Å²) in [5.41, 5.74) is 0. The minimum Gasteiger partial charge on any atom is -0.462 e. The fourth-order valence-corrected chi connectivity index (χ4v) is 6.77. The third-order valence-electron chi connectivity index (χ3n) is 10.8. The van der Waals surface area contributed by atoms with Gasteiger partial charge in [0.05, 0.1) is 0 Å². The molecule has 1 atom stereocenters. The number of hydrogen-bond donors (Lipinski definition) is 0. The number of rotatable bonds is 46. The van der Waals surface area contributed by atoms with Gasteiger partial charge in [-0.1, -0.05) is 219 Å². The van der Waals surface area contributed by atoms with E-state index in [-0.39, 0.29) is 37.5 Å². The van der Waals surface area contributed by atoms with Crippen LogP contribution in [0.15, 0.2) is 122 Å². The lowest BCUT2D eigenvalue weighted by molar-refractivity contribution is -0.167. The monoisotopic (exact) mass is 913 g/mol. The molecule has 0 radical (unpaired) electrons. The van der Waals surface area contributed by atoms with Crippen molar-refractivity contribution in [1.29, 1.82) is 0 Å². The smallest absolute Gasteiger partial charge is 0.306 e. The fraction of sp³-hybridized carbons (Fsp3) is 0.617. The van der Waals surface area contributed by atoms with Gasteiger partial charge in [-0.15, -0.1) is 0 Å². The van der Waals surface area contributed by atoms with E-state index < -0.39 is 6.10 Å². The van der Waals surface area contributed by atoms with E-state index in [4.69, 9.17) is 14.2 Å².